The van der Waals surface area contributed by atoms with Crippen molar-refractivity contribution in [1.82, 2.24) is 4.90 Å². The fourth-order valence-electron chi connectivity index (χ4n) is 1.88. The topological polar surface area (TPSA) is 66.8 Å². The Balaban J connectivity index is 2.53. The summed E-state index contributed by atoms with van der Waals surface area (Å²) in [4.78, 5) is 12.4. The van der Waals surface area contributed by atoms with Crippen LogP contribution in [-0.4, -0.2) is 40.0 Å². The summed E-state index contributed by atoms with van der Waals surface area (Å²) >= 11 is 0. The van der Waals surface area contributed by atoms with Crippen LogP contribution in [0.2, 0.25) is 0 Å². The van der Waals surface area contributed by atoms with Crippen LogP contribution >= 0.6 is 0 Å². The molecule has 0 fully saturated rings. The molecule has 2 aromatic rings. The van der Waals surface area contributed by atoms with E-state index in [0.717, 1.165) is 6.29 Å². The zero-order valence-electron chi connectivity index (χ0n) is 12.3. The van der Waals surface area contributed by atoms with Crippen LogP contribution in [0.3, 0.4) is 0 Å². The minimum absolute atomic E-state index is 0.131. The Kier molecular flexibility index (Phi) is 4.72. The molecule has 0 saturated heterocycles. The highest BCUT2D eigenvalue weighted by Crippen LogP contribution is 2.28. The average molecular weight is 316 g/mol. The minimum Gasteiger partial charge on any atom is -0.368 e. The number of carbonyl (C=O) groups is 1. The fourth-order valence-corrected chi connectivity index (χ4v) is 3.03. The average Bonchev–Trinajstić information content (AvgIpc) is 2.53. The zero-order valence-corrected chi connectivity index (χ0v) is 13.1. The molecule has 5 nitrogen and oxygen atoms in total. The Bertz CT molecular complexity index is 794. The van der Waals surface area contributed by atoms with Gasteiger partial charge in [0.1, 0.15) is 12.6 Å². The van der Waals surface area contributed by atoms with Crippen LogP contribution < -0.4 is 0 Å². The number of sulfonamides is 1. The standard InChI is InChI=1S/C16H16N2O3S/c1-18(2)12-17-22(20,21)16-6-4-3-5-15(16)14-9-7-13(11-19)8-10-14/h3-12H,1-2H3/b17-12+. The van der Waals surface area contributed by atoms with Gasteiger partial charge in [0.2, 0.25) is 0 Å². The van der Waals surface area contributed by atoms with Gasteiger partial charge in [-0.05, 0) is 11.6 Å². The van der Waals surface area contributed by atoms with Gasteiger partial charge in [-0.2, -0.15) is 8.42 Å². The molecule has 114 valence electrons. The number of carbonyl (C=O) groups excluding carboxylic acids is 1. The van der Waals surface area contributed by atoms with E-state index in [4.69, 9.17) is 0 Å². The third-order valence-electron chi connectivity index (χ3n) is 2.94. The number of aldehydes is 1. The number of hydrogen-bond acceptors (Lipinski definition) is 3. The van der Waals surface area contributed by atoms with Gasteiger partial charge in [0.15, 0.2) is 0 Å². The molecule has 0 N–H and O–H groups in total. The second kappa shape index (κ2) is 6.53. The van der Waals surface area contributed by atoms with Crippen LogP contribution in [0.25, 0.3) is 11.1 Å². The van der Waals surface area contributed by atoms with Crippen molar-refractivity contribution < 1.29 is 13.2 Å². The molecule has 6 heteroatoms. The Morgan fingerprint density at radius 2 is 1.64 bits per heavy atom. The van der Waals surface area contributed by atoms with Gasteiger partial charge in [0.25, 0.3) is 10.0 Å². The first-order valence-electron chi connectivity index (χ1n) is 6.55. The van der Waals surface area contributed by atoms with Crippen LogP contribution in [0.1, 0.15) is 10.4 Å². The second-order valence-electron chi connectivity index (χ2n) is 4.90. The maximum absolute atomic E-state index is 12.4. The number of benzene rings is 2. The van der Waals surface area contributed by atoms with Gasteiger partial charge in [0.05, 0.1) is 4.90 Å². The largest absolute Gasteiger partial charge is 0.368 e. The van der Waals surface area contributed by atoms with Gasteiger partial charge in [0, 0.05) is 25.2 Å². The van der Waals surface area contributed by atoms with E-state index in [1.165, 1.54) is 12.4 Å². The summed E-state index contributed by atoms with van der Waals surface area (Å²) in [5.41, 5.74) is 1.80. The van der Waals surface area contributed by atoms with Gasteiger partial charge < -0.3 is 4.90 Å². The lowest BCUT2D eigenvalue weighted by molar-refractivity contribution is 0.112. The van der Waals surface area contributed by atoms with E-state index < -0.39 is 10.0 Å². The van der Waals surface area contributed by atoms with Crippen LogP contribution in [0.5, 0.6) is 0 Å². The molecule has 0 aliphatic carbocycles. The first-order valence-corrected chi connectivity index (χ1v) is 7.99. The van der Waals surface area contributed by atoms with Crippen molar-refractivity contribution >= 4 is 22.6 Å². The van der Waals surface area contributed by atoms with Crippen LogP contribution in [0.4, 0.5) is 0 Å². The SMILES string of the molecule is CN(C)/C=N/S(=O)(=O)c1ccccc1-c1ccc(C=O)cc1. The molecule has 0 aromatic heterocycles. The molecule has 2 aromatic carbocycles. The molecular weight excluding hydrogens is 300 g/mol. The lowest BCUT2D eigenvalue weighted by atomic mass is 10.0. The highest BCUT2D eigenvalue weighted by molar-refractivity contribution is 7.90. The Hall–Kier alpha value is -2.47. The van der Waals surface area contributed by atoms with E-state index in [9.17, 15) is 13.2 Å². The molecule has 22 heavy (non-hydrogen) atoms. The summed E-state index contributed by atoms with van der Waals surface area (Å²) in [6.07, 6.45) is 2.00. The Morgan fingerprint density at radius 1 is 1.00 bits per heavy atom. The molecule has 0 amide bonds. The van der Waals surface area contributed by atoms with Crippen LogP contribution in [-0.2, 0) is 10.0 Å². The van der Waals surface area contributed by atoms with Crippen molar-refractivity contribution in [2.75, 3.05) is 14.1 Å². The van der Waals surface area contributed by atoms with Crippen molar-refractivity contribution in [3.05, 3.63) is 54.1 Å². The molecular formula is C16H16N2O3S. The predicted octanol–water partition coefficient (Wildman–Crippen LogP) is 2.44. The molecule has 0 unspecified atom stereocenters. The lowest BCUT2D eigenvalue weighted by Crippen LogP contribution is -2.10. The summed E-state index contributed by atoms with van der Waals surface area (Å²) in [5, 5.41) is 0. The summed E-state index contributed by atoms with van der Waals surface area (Å²) in [6, 6.07) is 13.4. The van der Waals surface area contributed by atoms with Gasteiger partial charge in [-0.3, -0.25) is 4.79 Å². The molecule has 0 radical (unpaired) electrons. The van der Waals surface area contributed by atoms with Crippen LogP contribution in [0.15, 0.2) is 57.8 Å². The highest BCUT2D eigenvalue weighted by atomic mass is 32.2. The Morgan fingerprint density at radius 3 is 2.23 bits per heavy atom. The quantitative estimate of drug-likeness (QED) is 0.483. The van der Waals surface area contributed by atoms with Crippen molar-refractivity contribution in [2.24, 2.45) is 4.40 Å². The monoisotopic (exact) mass is 316 g/mol. The molecule has 0 atom stereocenters. The van der Waals surface area contributed by atoms with Gasteiger partial charge >= 0.3 is 0 Å². The van der Waals surface area contributed by atoms with Gasteiger partial charge in [-0.25, -0.2) is 0 Å². The molecule has 0 aliphatic heterocycles. The summed E-state index contributed by atoms with van der Waals surface area (Å²) in [7, 11) is -0.397. The smallest absolute Gasteiger partial charge is 0.284 e. The number of rotatable bonds is 5. The highest BCUT2D eigenvalue weighted by Gasteiger charge is 2.17. The molecule has 0 spiro atoms. The molecule has 2 rings (SSSR count). The maximum Gasteiger partial charge on any atom is 0.284 e. The van der Waals surface area contributed by atoms with Gasteiger partial charge in [-0.1, -0.05) is 42.5 Å². The zero-order chi connectivity index (χ0) is 16.2. The third kappa shape index (κ3) is 3.59. The van der Waals surface area contributed by atoms with Crippen LogP contribution in [0, 0.1) is 0 Å². The third-order valence-corrected chi connectivity index (χ3v) is 4.22. The van der Waals surface area contributed by atoms with E-state index in [1.54, 1.807) is 61.5 Å². The second-order valence-corrected chi connectivity index (χ2v) is 6.50. The first-order chi connectivity index (χ1) is 10.4. The fraction of sp³-hybridized carbons (Fsp3) is 0.125. The summed E-state index contributed by atoms with van der Waals surface area (Å²) in [6.45, 7) is 0. The predicted molar refractivity (Wildman–Crippen MR) is 86.6 cm³/mol. The van der Waals surface area contributed by atoms with Crippen molar-refractivity contribution in [3.8, 4) is 11.1 Å². The normalized spacial score (nSPS) is 11.5. The molecule has 0 saturated carbocycles. The van der Waals surface area contributed by atoms with Crippen molar-refractivity contribution in [3.63, 3.8) is 0 Å². The first kappa shape index (κ1) is 15.9. The van der Waals surface area contributed by atoms with E-state index >= 15 is 0 Å². The minimum atomic E-state index is -3.79. The van der Waals surface area contributed by atoms with E-state index in [1.807, 2.05) is 0 Å². The van der Waals surface area contributed by atoms with E-state index in [-0.39, 0.29) is 4.90 Å². The summed E-state index contributed by atoms with van der Waals surface area (Å²) in [5.74, 6) is 0. The lowest BCUT2D eigenvalue weighted by Gasteiger charge is -2.09. The molecule has 0 aliphatic rings. The summed E-state index contributed by atoms with van der Waals surface area (Å²) < 4.78 is 28.4. The van der Waals surface area contributed by atoms with Crippen molar-refractivity contribution in [2.45, 2.75) is 4.90 Å². The Labute approximate surface area is 130 Å². The van der Waals surface area contributed by atoms with E-state index in [2.05, 4.69) is 4.40 Å². The van der Waals surface area contributed by atoms with E-state index in [0.29, 0.717) is 16.7 Å². The number of nitrogens with zero attached hydrogens (tertiary/aromatic N) is 2. The van der Waals surface area contributed by atoms with Gasteiger partial charge in [-0.15, -0.1) is 4.40 Å². The molecule has 0 bridgehead atoms. The maximum atomic E-state index is 12.4. The number of hydrogen-bond donors (Lipinski definition) is 0. The molecule has 0 heterocycles. The van der Waals surface area contributed by atoms with Crippen molar-refractivity contribution in [1.29, 1.82) is 0 Å².